The number of primary amides is 1. The molecule has 0 aliphatic carbocycles. The zero-order valence-corrected chi connectivity index (χ0v) is 28.2. The molecule has 0 aromatic rings. The van der Waals surface area contributed by atoms with Gasteiger partial charge in [-0.3, -0.25) is 0 Å². The Morgan fingerprint density at radius 1 is 0.500 bits per heavy atom. The molecule has 0 radical (unpaired) electrons. The van der Waals surface area contributed by atoms with E-state index in [0.29, 0.717) is 12.5 Å². The molecular formula is C39H71NO2. The second kappa shape index (κ2) is 35.4. The SMILES string of the molecule is CCCCC/C=C\C/C=C\CCCCCCCCC(CCCCCCCC/C=C\C/C=C\CCCCC)COC(N)=O. The number of ether oxygens (including phenoxy) is 1. The Hall–Kier alpha value is -1.77. The van der Waals surface area contributed by atoms with E-state index in [1.165, 1.54) is 141 Å². The summed E-state index contributed by atoms with van der Waals surface area (Å²) in [6, 6.07) is 0. The maximum Gasteiger partial charge on any atom is 0.404 e. The van der Waals surface area contributed by atoms with Gasteiger partial charge in [0.2, 0.25) is 0 Å². The van der Waals surface area contributed by atoms with E-state index >= 15 is 0 Å². The van der Waals surface area contributed by atoms with Crippen LogP contribution in [0.2, 0.25) is 0 Å². The molecule has 0 unspecified atom stereocenters. The molecule has 3 nitrogen and oxygen atoms in total. The minimum atomic E-state index is -0.630. The van der Waals surface area contributed by atoms with Crippen molar-refractivity contribution in [2.75, 3.05) is 6.61 Å². The smallest absolute Gasteiger partial charge is 0.404 e. The van der Waals surface area contributed by atoms with Crippen molar-refractivity contribution >= 4 is 6.09 Å². The number of carbonyl (C=O) groups excluding carboxylic acids is 1. The summed E-state index contributed by atoms with van der Waals surface area (Å²) in [5, 5.41) is 0. The molecule has 0 spiro atoms. The Balaban J connectivity index is 3.71. The van der Waals surface area contributed by atoms with E-state index in [-0.39, 0.29) is 0 Å². The summed E-state index contributed by atoms with van der Waals surface area (Å²) < 4.78 is 5.18. The second-order valence-electron chi connectivity index (χ2n) is 12.2. The van der Waals surface area contributed by atoms with E-state index in [1.54, 1.807) is 0 Å². The highest BCUT2D eigenvalue weighted by Crippen LogP contribution is 2.20. The van der Waals surface area contributed by atoms with E-state index in [0.717, 1.165) is 25.7 Å². The van der Waals surface area contributed by atoms with Gasteiger partial charge in [0.15, 0.2) is 0 Å². The van der Waals surface area contributed by atoms with Gasteiger partial charge in [0.25, 0.3) is 0 Å². The molecule has 42 heavy (non-hydrogen) atoms. The molecule has 0 aromatic heterocycles. The van der Waals surface area contributed by atoms with Gasteiger partial charge < -0.3 is 10.5 Å². The van der Waals surface area contributed by atoms with Crippen molar-refractivity contribution in [2.24, 2.45) is 11.7 Å². The lowest BCUT2D eigenvalue weighted by Crippen LogP contribution is -2.19. The van der Waals surface area contributed by atoms with E-state index < -0.39 is 6.09 Å². The lowest BCUT2D eigenvalue weighted by molar-refractivity contribution is 0.129. The van der Waals surface area contributed by atoms with Crippen molar-refractivity contribution < 1.29 is 9.53 Å². The Bertz CT molecular complexity index is 615. The standard InChI is InChI=1S/C39H71NO2/c1-3-5-7-9-11-13-15-17-19-21-23-25-27-29-31-33-35-38(37-42-39(40)41)36-34-32-30-28-26-24-22-20-18-16-14-12-10-8-6-4-2/h11-14,17-20,38H,3-10,15-16,21-37H2,1-2H3,(H2,40,41)/b13-11-,14-12-,19-17-,20-18-. The fourth-order valence-electron chi connectivity index (χ4n) is 5.35. The number of amides is 1. The first kappa shape index (κ1) is 40.2. The number of nitrogens with two attached hydrogens (primary N) is 1. The van der Waals surface area contributed by atoms with Gasteiger partial charge in [0.05, 0.1) is 6.61 Å². The van der Waals surface area contributed by atoms with Crippen molar-refractivity contribution in [1.29, 1.82) is 0 Å². The molecule has 0 rings (SSSR count). The summed E-state index contributed by atoms with van der Waals surface area (Å²) in [5.41, 5.74) is 5.24. The van der Waals surface area contributed by atoms with Crippen LogP contribution in [0, 0.1) is 5.92 Å². The van der Waals surface area contributed by atoms with Crippen LogP contribution < -0.4 is 5.73 Å². The van der Waals surface area contributed by atoms with Crippen LogP contribution in [0.5, 0.6) is 0 Å². The Morgan fingerprint density at radius 2 is 0.833 bits per heavy atom. The average molecular weight is 586 g/mol. The summed E-state index contributed by atoms with van der Waals surface area (Å²) in [6.45, 7) is 5.01. The van der Waals surface area contributed by atoms with Crippen LogP contribution in [0.1, 0.15) is 181 Å². The maximum absolute atomic E-state index is 11.1. The van der Waals surface area contributed by atoms with Crippen LogP contribution >= 0.6 is 0 Å². The Kier molecular flexibility index (Phi) is 33.9. The lowest BCUT2D eigenvalue weighted by atomic mass is 9.94. The topological polar surface area (TPSA) is 52.3 Å². The molecule has 0 aliphatic rings. The third-order valence-electron chi connectivity index (χ3n) is 8.09. The Labute approximate surface area is 262 Å². The van der Waals surface area contributed by atoms with Crippen LogP contribution in [0.15, 0.2) is 48.6 Å². The molecule has 0 fully saturated rings. The van der Waals surface area contributed by atoms with E-state index in [9.17, 15) is 4.79 Å². The molecule has 2 N–H and O–H groups in total. The molecule has 0 aromatic carbocycles. The van der Waals surface area contributed by atoms with Crippen molar-refractivity contribution in [1.82, 2.24) is 0 Å². The fraction of sp³-hybridized carbons (Fsp3) is 0.769. The van der Waals surface area contributed by atoms with Crippen LogP contribution in [0.3, 0.4) is 0 Å². The molecule has 0 saturated heterocycles. The normalized spacial score (nSPS) is 12.3. The van der Waals surface area contributed by atoms with Crippen LogP contribution in [0.4, 0.5) is 4.79 Å². The van der Waals surface area contributed by atoms with Crippen LogP contribution in [0.25, 0.3) is 0 Å². The zero-order chi connectivity index (χ0) is 30.6. The summed E-state index contributed by atoms with van der Waals surface area (Å²) in [7, 11) is 0. The molecule has 0 atom stereocenters. The first-order valence-corrected chi connectivity index (χ1v) is 18.2. The summed E-state index contributed by atoms with van der Waals surface area (Å²) >= 11 is 0. The second-order valence-corrected chi connectivity index (χ2v) is 12.2. The van der Waals surface area contributed by atoms with Gasteiger partial charge in [0, 0.05) is 0 Å². The summed E-state index contributed by atoms with van der Waals surface area (Å²) in [6.07, 6.45) is 51.0. The van der Waals surface area contributed by atoms with Gasteiger partial charge in [-0.15, -0.1) is 0 Å². The lowest BCUT2D eigenvalue weighted by Gasteiger charge is -2.16. The predicted octanol–water partition coefficient (Wildman–Crippen LogP) is 13.1. The van der Waals surface area contributed by atoms with Crippen LogP contribution in [-0.2, 0) is 4.74 Å². The monoisotopic (exact) mass is 586 g/mol. The molecule has 0 saturated carbocycles. The van der Waals surface area contributed by atoms with Gasteiger partial charge in [-0.2, -0.15) is 0 Å². The number of unbranched alkanes of at least 4 members (excludes halogenated alkanes) is 18. The van der Waals surface area contributed by atoms with Gasteiger partial charge in [-0.05, 0) is 83.0 Å². The molecule has 244 valence electrons. The molecule has 0 aliphatic heterocycles. The predicted molar refractivity (Wildman–Crippen MR) is 187 cm³/mol. The minimum Gasteiger partial charge on any atom is -0.449 e. The number of allylic oxidation sites excluding steroid dienone is 8. The highest BCUT2D eigenvalue weighted by Gasteiger charge is 2.11. The van der Waals surface area contributed by atoms with Crippen molar-refractivity contribution in [3.63, 3.8) is 0 Å². The number of carbonyl (C=O) groups is 1. The van der Waals surface area contributed by atoms with Crippen LogP contribution in [-0.4, -0.2) is 12.7 Å². The molecule has 0 heterocycles. The zero-order valence-electron chi connectivity index (χ0n) is 28.2. The summed E-state index contributed by atoms with van der Waals surface area (Å²) in [4.78, 5) is 11.1. The quantitative estimate of drug-likeness (QED) is 0.0630. The molecule has 1 amide bonds. The van der Waals surface area contributed by atoms with Crippen molar-refractivity contribution in [2.45, 2.75) is 181 Å². The van der Waals surface area contributed by atoms with E-state index in [2.05, 4.69) is 62.5 Å². The first-order chi connectivity index (χ1) is 20.7. The van der Waals surface area contributed by atoms with Crippen molar-refractivity contribution in [3.05, 3.63) is 48.6 Å². The first-order valence-electron chi connectivity index (χ1n) is 18.2. The Morgan fingerprint density at radius 3 is 1.19 bits per heavy atom. The number of hydrogen-bond donors (Lipinski definition) is 1. The third-order valence-corrected chi connectivity index (χ3v) is 8.09. The molecule has 0 bridgehead atoms. The highest BCUT2D eigenvalue weighted by atomic mass is 16.5. The maximum atomic E-state index is 11.1. The van der Waals surface area contributed by atoms with Gasteiger partial charge >= 0.3 is 6.09 Å². The van der Waals surface area contributed by atoms with Crippen molar-refractivity contribution in [3.8, 4) is 0 Å². The largest absolute Gasteiger partial charge is 0.449 e. The molecular weight excluding hydrogens is 514 g/mol. The third kappa shape index (κ3) is 34.4. The van der Waals surface area contributed by atoms with Gasteiger partial charge in [0.1, 0.15) is 0 Å². The highest BCUT2D eigenvalue weighted by molar-refractivity contribution is 5.64. The van der Waals surface area contributed by atoms with Gasteiger partial charge in [-0.1, -0.05) is 152 Å². The number of hydrogen-bond acceptors (Lipinski definition) is 2. The van der Waals surface area contributed by atoms with Gasteiger partial charge in [-0.25, -0.2) is 4.79 Å². The minimum absolute atomic E-state index is 0.467. The number of rotatable bonds is 32. The fourth-order valence-corrected chi connectivity index (χ4v) is 5.35. The summed E-state index contributed by atoms with van der Waals surface area (Å²) in [5.74, 6) is 0.467. The molecule has 3 heteroatoms. The van der Waals surface area contributed by atoms with E-state index in [4.69, 9.17) is 10.5 Å². The average Bonchev–Trinajstić information content (AvgIpc) is 2.98. The van der Waals surface area contributed by atoms with E-state index in [1.807, 2.05) is 0 Å².